The first-order valence-electron chi connectivity index (χ1n) is 6.89. The zero-order chi connectivity index (χ0) is 13.1. The van der Waals surface area contributed by atoms with Crippen molar-refractivity contribution in [1.29, 1.82) is 0 Å². The fourth-order valence-corrected chi connectivity index (χ4v) is 2.76. The van der Waals surface area contributed by atoms with E-state index in [2.05, 4.69) is 18.7 Å². The van der Waals surface area contributed by atoms with Crippen LogP contribution in [-0.2, 0) is 0 Å². The molecule has 0 bridgehead atoms. The second-order valence-corrected chi connectivity index (χ2v) is 5.80. The molecule has 1 aromatic rings. The van der Waals surface area contributed by atoms with Gasteiger partial charge in [0.2, 0.25) is 0 Å². The van der Waals surface area contributed by atoms with Crippen LogP contribution < -0.4 is 0 Å². The number of hydrogen-bond acceptors (Lipinski definition) is 2. The molecule has 3 atom stereocenters. The number of carbonyl (C=O) groups excluding carboxylic acids is 1. The molecule has 18 heavy (non-hydrogen) atoms. The summed E-state index contributed by atoms with van der Waals surface area (Å²) in [6.45, 7) is 9.80. The SMILES string of the molecule is CC(CN1CC(C)C(C)C1)C(=O)c1ccccc1. The molecule has 0 radical (unpaired) electrons. The van der Waals surface area contributed by atoms with Gasteiger partial charge in [0.05, 0.1) is 0 Å². The van der Waals surface area contributed by atoms with E-state index in [0.29, 0.717) is 0 Å². The van der Waals surface area contributed by atoms with Crippen molar-refractivity contribution in [3.05, 3.63) is 35.9 Å². The van der Waals surface area contributed by atoms with Gasteiger partial charge in [-0.3, -0.25) is 4.79 Å². The van der Waals surface area contributed by atoms with Crippen LogP contribution in [0.4, 0.5) is 0 Å². The lowest BCUT2D eigenvalue weighted by atomic mass is 9.99. The minimum atomic E-state index is 0.0879. The second-order valence-electron chi connectivity index (χ2n) is 5.80. The highest BCUT2D eigenvalue weighted by molar-refractivity contribution is 5.97. The predicted molar refractivity (Wildman–Crippen MR) is 74.7 cm³/mol. The number of benzene rings is 1. The molecule has 1 aliphatic heterocycles. The van der Waals surface area contributed by atoms with Crippen LogP contribution in [0.25, 0.3) is 0 Å². The van der Waals surface area contributed by atoms with Crippen molar-refractivity contribution in [2.45, 2.75) is 20.8 Å². The molecule has 1 aromatic carbocycles. The van der Waals surface area contributed by atoms with Crippen molar-refractivity contribution in [2.75, 3.05) is 19.6 Å². The fourth-order valence-electron chi connectivity index (χ4n) is 2.76. The first-order chi connectivity index (χ1) is 8.58. The van der Waals surface area contributed by atoms with Crippen molar-refractivity contribution in [1.82, 2.24) is 4.90 Å². The summed E-state index contributed by atoms with van der Waals surface area (Å²) < 4.78 is 0. The summed E-state index contributed by atoms with van der Waals surface area (Å²) in [5.41, 5.74) is 0.838. The number of ketones is 1. The standard InChI is InChI=1S/C16H23NO/c1-12-9-17(10-13(12)2)11-14(3)16(18)15-7-5-4-6-8-15/h4-8,12-14H,9-11H2,1-3H3. The van der Waals surface area contributed by atoms with Gasteiger partial charge in [-0.15, -0.1) is 0 Å². The molecule has 1 saturated heterocycles. The van der Waals surface area contributed by atoms with Gasteiger partial charge in [-0.05, 0) is 11.8 Å². The Hall–Kier alpha value is -1.15. The average molecular weight is 245 g/mol. The molecule has 2 rings (SSSR count). The van der Waals surface area contributed by atoms with Gasteiger partial charge in [0.25, 0.3) is 0 Å². The largest absolute Gasteiger partial charge is 0.302 e. The van der Waals surface area contributed by atoms with Gasteiger partial charge < -0.3 is 4.90 Å². The summed E-state index contributed by atoms with van der Waals surface area (Å²) in [4.78, 5) is 14.7. The molecule has 0 spiro atoms. The van der Waals surface area contributed by atoms with Crippen molar-refractivity contribution >= 4 is 5.78 Å². The summed E-state index contributed by atoms with van der Waals surface area (Å²) in [5, 5.41) is 0. The van der Waals surface area contributed by atoms with Crippen molar-refractivity contribution in [3.8, 4) is 0 Å². The number of Topliss-reactive ketones (excluding diaryl/α,β-unsaturated/α-hetero) is 1. The van der Waals surface area contributed by atoms with Crippen molar-refractivity contribution < 1.29 is 4.79 Å². The molecular formula is C16H23NO. The Morgan fingerprint density at radius 1 is 1.22 bits per heavy atom. The van der Waals surface area contributed by atoms with Crippen LogP contribution in [0.15, 0.2) is 30.3 Å². The molecule has 1 fully saturated rings. The average Bonchev–Trinajstić information content (AvgIpc) is 2.68. The molecule has 0 saturated carbocycles. The third kappa shape index (κ3) is 2.99. The van der Waals surface area contributed by atoms with Gasteiger partial charge in [-0.25, -0.2) is 0 Å². The Kier molecular flexibility index (Phi) is 4.18. The fraction of sp³-hybridized carbons (Fsp3) is 0.562. The first kappa shape index (κ1) is 13.3. The zero-order valence-electron chi connectivity index (χ0n) is 11.6. The van der Waals surface area contributed by atoms with Crippen LogP contribution in [0, 0.1) is 17.8 Å². The van der Waals surface area contributed by atoms with E-state index in [0.717, 1.165) is 37.0 Å². The maximum atomic E-state index is 12.3. The third-order valence-corrected chi connectivity index (χ3v) is 4.10. The molecule has 0 aromatic heterocycles. The van der Waals surface area contributed by atoms with Gasteiger partial charge >= 0.3 is 0 Å². The number of nitrogens with zero attached hydrogens (tertiary/aromatic N) is 1. The quantitative estimate of drug-likeness (QED) is 0.760. The molecular weight excluding hydrogens is 222 g/mol. The van der Waals surface area contributed by atoms with Crippen molar-refractivity contribution in [3.63, 3.8) is 0 Å². The van der Waals surface area contributed by atoms with Gasteiger partial charge in [0.1, 0.15) is 0 Å². The van der Waals surface area contributed by atoms with Gasteiger partial charge in [-0.1, -0.05) is 51.1 Å². The van der Waals surface area contributed by atoms with Crippen LogP contribution in [0.2, 0.25) is 0 Å². The maximum absolute atomic E-state index is 12.3. The van der Waals surface area contributed by atoms with E-state index >= 15 is 0 Å². The Bertz CT molecular complexity index is 391. The molecule has 98 valence electrons. The van der Waals surface area contributed by atoms with Crippen LogP contribution in [0.5, 0.6) is 0 Å². The van der Waals surface area contributed by atoms with Crippen LogP contribution in [-0.4, -0.2) is 30.3 Å². The molecule has 1 heterocycles. The zero-order valence-corrected chi connectivity index (χ0v) is 11.6. The topological polar surface area (TPSA) is 20.3 Å². The van der Waals surface area contributed by atoms with E-state index in [4.69, 9.17) is 0 Å². The molecule has 1 aliphatic rings. The molecule has 3 unspecified atom stereocenters. The van der Waals surface area contributed by atoms with Crippen LogP contribution >= 0.6 is 0 Å². The highest BCUT2D eigenvalue weighted by Crippen LogP contribution is 2.23. The maximum Gasteiger partial charge on any atom is 0.166 e. The number of hydrogen-bond donors (Lipinski definition) is 0. The van der Waals surface area contributed by atoms with E-state index < -0.39 is 0 Å². The van der Waals surface area contributed by atoms with Crippen LogP contribution in [0.1, 0.15) is 31.1 Å². The molecule has 2 heteroatoms. The summed E-state index contributed by atoms with van der Waals surface area (Å²) in [6.07, 6.45) is 0. The van der Waals surface area contributed by atoms with Gasteiger partial charge in [0, 0.05) is 31.1 Å². The second kappa shape index (κ2) is 5.66. The minimum absolute atomic E-state index is 0.0879. The number of rotatable bonds is 4. The van der Waals surface area contributed by atoms with E-state index in [1.54, 1.807) is 0 Å². The Morgan fingerprint density at radius 2 is 1.78 bits per heavy atom. The molecule has 2 nitrogen and oxygen atoms in total. The normalized spacial score (nSPS) is 26.2. The van der Waals surface area contributed by atoms with Gasteiger partial charge in [-0.2, -0.15) is 0 Å². The lowest BCUT2D eigenvalue weighted by Gasteiger charge is -2.20. The number of likely N-dealkylation sites (tertiary alicyclic amines) is 1. The first-order valence-corrected chi connectivity index (χ1v) is 6.89. The Labute approximate surface area is 110 Å². The monoisotopic (exact) mass is 245 g/mol. The highest BCUT2D eigenvalue weighted by atomic mass is 16.1. The third-order valence-electron chi connectivity index (χ3n) is 4.10. The van der Waals surface area contributed by atoms with E-state index in [9.17, 15) is 4.79 Å². The predicted octanol–water partition coefficient (Wildman–Crippen LogP) is 3.09. The lowest BCUT2D eigenvalue weighted by molar-refractivity contribution is 0.0901. The summed E-state index contributed by atoms with van der Waals surface area (Å²) in [5.74, 6) is 1.86. The molecule has 0 N–H and O–H groups in total. The van der Waals surface area contributed by atoms with Crippen LogP contribution in [0.3, 0.4) is 0 Å². The minimum Gasteiger partial charge on any atom is -0.302 e. The van der Waals surface area contributed by atoms with E-state index in [1.807, 2.05) is 37.3 Å². The smallest absolute Gasteiger partial charge is 0.166 e. The summed E-state index contributed by atoms with van der Waals surface area (Å²) in [7, 11) is 0. The Balaban J connectivity index is 1.93. The van der Waals surface area contributed by atoms with Gasteiger partial charge in [0.15, 0.2) is 5.78 Å². The highest BCUT2D eigenvalue weighted by Gasteiger charge is 2.28. The lowest BCUT2D eigenvalue weighted by Crippen LogP contribution is -2.30. The van der Waals surface area contributed by atoms with E-state index in [1.165, 1.54) is 0 Å². The Morgan fingerprint density at radius 3 is 2.33 bits per heavy atom. The number of carbonyl (C=O) groups is 1. The van der Waals surface area contributed by atoms with Crippen molar-refractivity contribution in [2.24, 2.45) is 17.8 Å². The van der Waals surface area contributed by atoms with E-state index in [-0.39, 0.29) is 11.7 Å². The molecule has 0 amide bonds. The molecule has 0 aliphatic carbocycles. The summed E-state index contributed by atoms with van der Waals surface area (Å²) in [6, 6.07) is 9.63. The summed E-state index contributed by atoms with van der Waals surface area (Å²) >= 11 is 0.